The normalized spacial score (nSPS) is 23.9. The van der Waals surface area contributed by atoms with E-state index in [1.807, 2.05) is 17.5 Å². The first-order valence-electron chi connectivity index (χ1n) is 10.1. The van der Waals surface area contributed by atoms with E-state index in [9.17, 15) is 19.2 Å². The summed E-state index contributed by atoms with van der Waals surface area (Å²) >= 11 is 1.54. The summed E-state index contributed by atoms with van der Waals surface area (Å²) in [7, 11) is 0. The molecule has 1 saturated heterocycles. The van der Waals surface area contributed by atoms with Crippen LogP contribution in [0.15, 0.2) is 17.5 Å². The topological polar surface area (TPSA) is 98.8 Å². The van der Waals surface area contributed by atoms with Crippen molar-refractivity contribution in [3.8, 4) is 0 Å². The summed E-state index contributed by atoms with van der Waals surface area (Å²) in [5.74, 6) is -0.475. The van der Waals surface area contributed by atoms with Crippen molar-refractivity contribution < 1.29 is 19.2 Å². The van der Waals surface area contributed by atoms with Gasteiger partial charge < -0.3 is 15.5 Å². The van der Waals surface area contributed by atoms with Gasteiger partial charge in [0.15, 0.2) is 0 Å². The first kappa shape index (κ1) is 21.3. The Morgan fingerprint density at radius 2 is 2.07 bits per heavy atom. The van der Waals surface area contributed by atoms with Gasteiger partial charge in [0.25, 0.3) is 5.91 Å². The average Bonchev–Trinajstić information content (AvgIpc) is 3.30. The Morgan fingerprint density at radius 1 is 1.34 bits per heavy atom. The zero-order chi connectivity index (χ0) is 21.0. The maximum absolute atomic E-state index is 12.9. The van der Waals surface area contributed by atoms with E-state index in [0.717, 1.165) is 22.6 Å². The van der Waals surface area contributed by atoms with Crippen molar-refractivity contribution in [2.24, 2.45) is 5.92 Å². The van der Waals surface area contributed by atoms with Crippen molar-refractivity contribution in [1.29, 1.82) is 0 Å². The molecule has 0 atom stereocenters. The van der Waals surface area contributed by atoms with Gasteiger partial charge in [-0.3, -0.25) is 19.3 Å². The fraction of sp³-hybridized carbons (Fsp3) is 0.600. The highest BCUT2D eigenvalue weighted by Crippen LogP contribution is 2.36. The summed E-state index contributed by atoms with van der Waals surface area (Å²) in [6.45, 7) is 4.19. The van der Waals surface area contributed by atoms with Crippen LogP contribution in [0.1, 0.15) is 44.4 Å². The van der Waals surface area contributed by atoms with E-state index in [0.29, 0.717) is 31.8 Å². The molecule has 1 aromatic rings. The SMILES string of the molecule is CCN(CC(=O)NCc1cccs1)C(=O)CN1C(=O)NC2(CCC(C)CC2)C1=O. The quantitative estimate of drug-likeness (QED) is 0.656. The van der Waals surface area contributed by atoms with Gasteiger partial charge in [0.05, 0.1) is 13.1 Å². The lowest BCUT2D eigenvalue weighted by molar-refractivity contribution is -0.141. The molecule has 2 aliphatic rings. The van der Waals surface area contributed by atoms with E-state index in [1.165, 1.54) is 4.90 Å². The average molecular weight is 421 g/mol. The molecule has 158 valence electrons. The van der Waals surface area contributed by atoms with Gasteiger partial charge in [0.1, 0.15) is 12.1 Å². The number of likely N-dealkylation sites (N-methyl/N-ethyl adjacent to an activating group) is 1. The first-order valence-corrected chi connectivity index (χ1v) is 10.9. The van der Waals surface area contributed by atoms with Gasteiger partial charge in [-0.2, -0.15) is 0 Å². The Labute approximate surface area is 174 Å². The number of urea groups is 1. The predicted octanol–water partition coefficient (Wildman–Crippen LogP) is 1.71. The van der Waals surface area contributed by atoms with E-state index in [1.54, 1.807) is 18.3 Å². The van der Waals surface area contributed by atoms with Crippen LogP contribution in [-0.2, 0) is 20.9 Å². The van der Waals surface area contributed by atoms with Crippen molar-refractivity contribution in [1.82, 2.24) is 20.4 Å². The number of rotatable bonds is 7. The minimum atomic E-state index is -0.862. The molecule has 1 saturated carbocycles. The lowest BCUT2D eigenvalue weighted by Gasteiger charge is -2.33. The van der Waals surface area contributed by atoms with Crippen LogP contribution in [-0.4, -0.2) is 58.7 Å². The minimum absolute atomic E-state index is 0.104. The van der Waals surface area contributed by atoms with Crippen LogP contribution in [0, 0.1) is 5.92 Å². The van der Waals surface area contributed by atoms with Crippen LogP contribution in [0.3, 0.4) is 0 Å². The van der Waals surface area contributed by atoms with E-state index in [-0.39, 0.29) is 24.9 Å². The Morgan fingerprint density at radius 3 is 2.69 bits per heavy atom. The summed E-state index contributed by atoms with van der Waals surface area (Å²) < 4.78 is 0. The molecule has 1 aromatic heterocycles. The maximum atomic E-state index is 12.9. The van der Waals surface area contributed by atoms with Crippen molar-refractivity contribution in [3.05, 3.63) is 22.4 Å². The first-order chi connectivity index (χ1) is 13.8. The van der Waals surface area contributed by atoms with Gasteiger partial charge in [-0.25, -0.2) is 4.79 Å². The zero-order valence-electron chi connectivity index (χ0n) is 16.9. The highest BCUT2D eigenvalue weighted by molar-refractivity contribution is 7.09. The second-order valence-electron chi connectivity index (χ2n) is 7.85. The van der Waals surface area contributed by atoms with Gasteiger partial charge in [0, 0.05) is 11.4 Å². The molecule has 5 amide bonds. The number of nitrogens with zero attached hydrogens (tertiary/aromatic N) is 2. The number of amides is 5. The molecule has 29 heavy (non-hydrogen) atoms. The highest BCUT2D eigenvalue weighted by Gasteiger charge is 2.52. The van der Waals surface area contributed by atoms with E-state index in [4.69, 9.17) is 0 Å². The molecular weight excluding hydrogens is 392 g/mol. The van der Waals surface area contributed by atoms with Crippen LogP contribution >= 0.6 is 11.3 Å². The van der Waals surface area contributed by atoms with E-state index in [2.05, 4.69) is 17.6 Å². The largest absolute Gasteiger partial charge is 0.350 e. The summed E-state index contributed by atoms with van der Waals surface area (Å²) in [6.07, 6.45) is 2.96. The van der Waals surface area contributed by atoms with Crippen LogP contribution < -0.4 is 10.6 Å². The monoisotopic (exact) mass is 420 g/mol. The van der Waals surface area contributed by atoms with Crippen molar-refractivity contribution >= 4 is 35.1 Å². The Kier molecular flexibility index (Phi) is 6.56. The summed E-state index contributed by atoms with van der Waals surface area (Å²) in [5.41, 5.74) is -0.862. The summed E-state index contributed by atoms with van der Waals surface area (Å²) in [6, 6.07) is 3.31. The van der Waals surface area contributed by atoms with Gasteiger partial charge in [-0.1, -0.05) is 13.0 Å². The Bertz CT molecular complexity index is 771. The predicted molar refractivity (Wildman–Crippen MR) is 109 cm³/mol. The number of nitrogens with one attached hydrogen (secondary N) is 2. The van der Waals surface area contributed by atoms with Gasteiger partial charge in [0.2, 0.25) is 11.8 Å². The van der Waals surface area contributed by atoms with Crippen molar-refractivity contribution in [2.45, 2.75) is 51.6 Å². The lowest BCUT2D eigenvalue weighted by Crippen LogP contribution is -2.50. The van der Waals surface area contributed by atoms with E-state index < -0.39 is 17.5 Å². The molecule has 0 bridgehead atoms. The number of hydrogen-bond donors (Lipinski definition) is 2. The number of hydrogen-bond acceptors (Lipinski definition) is 5. The fourth-order valence-corrected chi connectivity index (χ4v) is 4.50. The molecule has 1 aliphatic carbocycles. The fourth-order valence-electron chi connectivity index (χ4n) is 3.85. The van der Waals surface area contributed by atoms with Crippen LogP contribution in [0.25, 0.3) is 0 Å². The lowest BCUT2D eigenvalue weighted by atomic mass is 9.77. The molecule has 0 unspecified atom stereocenters. The summed E-state index contributed by atoms with van der Waals surface area (Å²) in [4.78, 5) is 53.6. The molecule has 9 heteroatoms. The van der Waals surface area contributed by atoms with Gasteiger partial charge >= 0.3 is 6.03 Å². The highest BCUT2D eigenvalue weighted by atomic mass is 32.1. The molecule has 8 nitrogen and oxygen atoms in total. The molecule has 2 N–H and O–H groups in total. The maximum Gasteiger partial charge on any atom is 0.325 e. The molecule has 0 radical (unpaired) electrons. The molecule has 1 aliphatic heterocycles. The van der Waals surface area contributed by atoms with Crippen LogP contribution in [0.4, 0.5) is 4.79 Å². The summed E-state index contributed by atoms with van der Waals surface area (Å²) in [5, 5.41) is 7.53. The molecule has 2 heterocycles. The molecule has 0 aromatic carbocycles. The number of carbonyl (C=O) groups is 4. The third-order valence-electron chi connectivity index (χ3n) is 5.78. The minimum Gasteiger partial charge on any atom is -0.350 e. The second-order valence-corrected chi connectivity index (χ2v) is 8.88. The second kappa shape index (κ2) is 8.94. The Balaban J connectivity index is 1.55. The third kappa shape index (κ3) is 4.77. The smallest absolute Gasteiger partial charge is 0.325 e. The van der Waals surface area contributed by atoms with Crippen molar-refractivity contribution in [3.63, 3.8) is 0 Å². The van der Waals surface area contributed by atoms with Gasteiger partial charge in [-0.05, 0) is 50.0 Å². The van der Waals surface area contributed by atoms with Gasteiger partial charge in [-0.15, -0.1) is 11.3 Å². The number of carbonyl (C=O) groups excluding carboxylic acids is 4. The van der Waals surface area contributed by atoms with Crippen molar-refractivity contribution in [2.75, 3.05) is 19.6 Å². The Hall–Kier alpha value is -2.42. The third-order valence-corrected chi connectivity index (χ3v) is 6.65. The van der Waals surface area contributed by atoms with E-state index >= 15 is 0 Å². The molecule has 3 rings (SSSR count). The molecular formula is C20H28N4O4S. The number of thiophene rings is 1. The zero-order valence-corrected chi connectivity index (χ0v) is 17.7. The standard InChI is InChI=1S/C20H28N4O4S/c1-3-23(12-16(25)21-11-15-5-4-10-29-15)17(26)13-24-18(27)20(22-19(24)28)8-6-14(2)7-9-20/h4-5,10,14H,3,6-9,11-13H2,1-2H3,(H,21,25)(H,22,28). The van der Waals surface area contributed by atoms with Crippen LogP contribution in [0.5, 0.6) is 0 Å². The molecule has 1 spiro atoms. The molecule has 2 fully saturated rings. The van der Waals surface area contributed by atoms with Crippen LogP contribution in [0.2, 0.25) is 0 Å². The number of imide groups is 1.